The number of hydrogen-bond acceptors (Lipinski definition) is 4. The van der Waals surface area contributed by atoms with Gasteiger partial charge in [0.2, 0.25) is 15.9 Å². The maximum atomic E-state index is 12.7. The number of aryl methyl sites for hydroxylation is 1. The van der Waals surface area contributed by atoms with Crippen LogP contribution in [0.3, 0.4) is 0 Å². The molecule has 0 aliphatic rings. The van der Waals surface area contributed by atoms with Gasteiger partial charge in [-0.1, -0.05) is 38.1 Å². The zero-order valence-electron chi connectivity index (χ0n) is 15.4. The average Bonchev–Trinajstić information content (AvgIpc) is 2.60. The Labute approximate surface area is 159 Å². The van der Waals surface area contributed by atoms with Crippen molar-refractivity contribution in [1.29, 1.82) is 0 Å². The normalized spacial score (nSPS) is 11.6. The number of anilines is 1. The predicted molar refractivity (Wildman–Crippen MR) is 107 cm³/mol. The molecule has 2 aromatic carbocycles. The highest BCUT2D eigenvalue weighted by atomic mass is 32.2. The van der Waals surface area contributed by atoms with Crippen molar-refractivity contribution in [2.45, 2.75) is 37.1 Å². The maximum Gasteiger partial charge on any atom is 0.240 e. The van der Waals surface area contributed by atoms with Gasteiger partial charge in [0.15, 0.2) is 0 Å². The van der Waals surface area contributed by atoms with Crippen LogP contribution in [0.25, 0.3) is 0 Å². The molecule has 0 aliphatic heterocycles. The van der Waals surface area contributed by atoms with Crippen molar-refractivity contribution >= 4 is 33.4 Å². The minimum atomic E-state index is -3.69. The Hall–Kier alpha value is -1.83. The number of rotatable bonds is 7. The smallest absolute Gasteiger partial charge is 0.240 e. The zero-order chi connectivity index (χ0) is 19.3. The molecule has 0 spiro atoms. The van der Waals surface area contributed by atoms with Crippen LogP contribution in [-0.4, -0.2) is 20.6 Å². The Morgan fingerprint density at radius 3 is 2.46 bits per heavy atom. The first-order chi connectivity index (χ1) is 12.2. The third-order valence-electron chi connectivity index (χ3n) is 3.98. The Kier molecular flexibility index (Phi) is 6.86. The molecule has 0 fully saturated rings. The average molecular weight is 393 g/mol. The summed E-state index contributed by atoms with van der Waals surface area (Å²) in [7, 11) is -3.69. The van der Waals surface area contributed by atoms with E-state index in [1.807, 2.05) is 37.4 Å². The number of thioether (sulfide) groups is 1. The molecular formula is C19H24N2O3S2. The number of carbonyl (C=O) groups is 1. The first-order valence-corrected chi connectivity index (χ1v) is 11.0. The largest absolute Gasteiger partial charge is 0.325 e. The second kappa shape index (κ2) is 8.70. The Morgan fingerprint density at radius 2 is 1.85 bits per heavy atom. The molecule has 2 rings (SSSR count). The molecule has 0 atom stereocenters. The Bertz CT molecular complexity index is 893. The van der Waals surface area contributed by atoms with Gasteiger partial charge >= 0.3 is 0 Å². The highest BCUT2D eigenvalue weighted by Crippen LogP contribution is 2.28. The summed E-state index contributed by atoms with van der Waals surface area (Å²) in [5.41, 5.74) is 2.46. The third-order valence-corrected chi connectivity index (χ3v) is 6.17. The molecule has 2 aromatic rings. The number of nitrogens with one attached hydrogen (secondary N) is 2. The van der Waals surface area contributed by atoms with Crippen LogP contribution in [0.2, 0.25) is 0 Å². The predicted octanol–water partition coefficient (Wildman–Crippen LogP) is 3.79. The first kappa shape index (κ1) is 20.5. The van der Waals surface area contributed by atoms with E-state index in [0.717, 1.165) is 16.0 Å². The fourth-order valence-electron chi connectivity index (χ4n) is 2.29. The van der Waals surface area contributed by atoms with Crippen molar-refractivity contribution in [2.75, 3.05) is 11.6 Å². The standard InChI is InChI=1S/C19H24N2O3S2/c1-13(2)19(22)21-17-11-16(9-10-18(17)25-4)26(23,24)20-12-15-8-6-5-7-14(15)3/h5-11,13,20H,12H2,1-4H3,(H,21,22). The number of sulfonamides is 1. The van der Waals surface area contributed by atoms with Gasteiger partial charge in [0.05, 0.1) is 10.6 Å². The van der Waals surface area contributed by atoms with E-state index in [0.29, 0.717) is 5.69 Å². The van der Waals surface area contributed by atoms with Crippen molar-refractivity contribution in [1.82, 2.24) is 4.72 Å². The summed E-state index contributed by atoms with van der Waals surface area (Å²) >= 11 is 1.45. The van der Waals surface area contributed by atoms with Crippen LogP contribution in [0.4, 0.5) is 5.69 Å². The van der Waals surface area contributed by atoms with E-state index in [1.54, 1.807) is 26.0 Å². The lowest BCUT2D eigenvalue weighted by atomic mass is 10.1. The second-order valence-electron chi connectivity index (χ2n) is 6.26. The minimum Gasteiger partial charge on any atom is -0.325 e. The molecule has 0 saturated heterocycles. The topological polar surface area (TPSA) is 75.3 Å². The second-order valence-corrected chi connectivity index (χ2v) is 8.87. The van der Waals surface area contributed by atoms with Crippen LogP contribution in [0.15, 0.2) is 52.3 Å². The van der Waals surface area contributed by atoms with Crippen molar-refractivity contribution in [3.05, 3.63) is 53.6 Å². The third kappa shape index (κ3) is 5.09. The molecule has 1 amide bonds. The van der Waals surface area contributed by atoms with Crippen LogP contribution in [0.1, 0.15) is 25.0 Å². The molecule has 140 valence electrons. The fourth-order valence-corrected chi connectivity index (χ4v) is 3.86. The van der Waals surface area contributed by atoms with Crippen molar-refractivity contribution in [3.8, 4) is 0 Å². The molecule has 0 unspecified atom stereocenters. The van der Waals surface area contributed by atoms with Gasteiger partial charge in [0.25, 0.3) is 0 Å². The lowest BCUT2D eigenvalue weighted by molar-refractivity contribution is -0.118. The van der Waals surface area contributed by atoms with Crippen LogP contribution in [0, 0.1) is 12.8 Å². The molecule has 0 heterocycles. The van der Waals surface area contributed by atoms with Crippen molar-refractivity contribution < 1.29 is 13.2 Å². The van der Waals surface area contributed by atoms with Crippen LogP contribution < -0.4 is 10.0 Å². The van der Waals surface area contributed by atoms with Crippen LogP contribution in [0.5, 0.6) is 0 Å². The SMILES string of the molecule is CSc1ccc(S(=O)(=O)NCc2ccccc2C)cc1NC(=O)C(C)C. The first-order valence-electron chi connectivity index (χ1n) is 8.27. The number of carbonyl (C=O) groups excluding carboxylic acids is 1. The number of benzene rings is 2. The molecule has 2 N–H and O–H groups in total. The molecular weight excluding hydrogens is 368 g/mol. The van der Waals surface area contributed by atoms with Gasteiger partial charge in [0.1, 0.15) is 0 Å². The van der Waals surface area contributed by atoms with Crippen LogP contribution in [-0.2, 0) is 21.4 Å². The van der Waals surface area contributed by atoms with Gasteiger partial charge in [-0.25, -0.2) is 13.1 Å². The van der Waals surface area contributed by atoms with Gasteiger partial charge in [-0.2, -0.15) is 0 Å². The van der Waals surface area contributed by atoms with E-state index in [2.05, 4.69) is 10.0 Å². The molecule has 0 aliphatic carbocycles. The van der Waals surface area contributed by atoms with E-state index in [4.69, 9.17) is 0 Å². The maximum absolute atomic E-state index is 12.7. The van der Waals surface area contributed by atoms with Gasteiger partial charge in [-0.3, -0.25) is 4.79 Å². The lowest BCUT2D eigenvalue weighted by Crippen LogP contribution is -2.24. The van der Waals surface area contributed by atoms with E-state index in [9.17, 15) is 13.2 Å². The zero-order valence-corrected chi connectivity index (χ0v) is 17.0. The quantitative estimate of drug-likeness (QED) is 0.703. The molecule has 7 heteroatoms. The molecule has 0 aromatic heterocycles. The number of hydrogen-bond donors (Lipinski definition) is 2. The van der Waals surface area contributed by atoms with E-state index in [-0.39, 0.29) is 23.3 Å². The van der Waals surface area contributed by atoms with Crippen molar-refractivity contribution in [2.24, 2.45) is 5.92 Å². The summed E-state index contributed by atoms with van der Waals surface area (Å²) in [5.74, 6) is -0.341. The fraction of sp³-hybridized carbons (Fsp3) is 0.316. The molecule has 0 saturated carbocycles. The summed E-state index contributed by atoms with van der Waals surface area (Å²) in [6.45, 7) is 5.74. The Morgan fingerprint density at radius 1 is 1.15 bits per heavy atom. The monoisotopic (exact) mass is 392 g/mol. The van der Waals surface area contributed by atoms with E-state index < -0.39 is 10.0 Å². The molecule has 26 heavy (non-hydrogen) atoms. The minimum absolute atomic E-state index is 0.128. The van der Waals surface area contributed by atoms with Gasteiger partial charge < -0.3 is 5.32 Å². The lowest BCUT2D eigenvalue weighted by Gasteiger charge is -2.14. The molecule has 5 nitrogen and oxygen atoms in total. The summed E-state index contributed by atoms with van der Waals surface area (Å²) in [5, 5.41) is 2.80. The number of amides is 1. The summed E-state index contributed by atoms with van der Waals surface area (Å²) in [6, 6.07) is 12.4. The van der Waals surface area contributed by atoms with E-state index >= 15 is 0 Å². The van der Waals surface area contributed by atoms with Crippen LogP contribution >= 0.6 is 11.8 Å². The highest BCUT2D eigenvalue weighted by Gasteiger charge is 2.18. The summed E-state index contributed by atoms with van der Waals surface area (Å²) in [6.07, 6.45) is 1.88. The molecule has 0 bridgehead atoms. The summed E-state index contributed by atoms with van der Waals surface area (Å²) < 4.78 is 27.9. The highest BCUT2D eigenvalue weighted by molar-refractivity contribution is 7.98. The van der Waals surface area contributed by atoms with Gasteiger partial charge in [-0.05, 0) is 42.5 Å². The van der Waals surface area contributed by atoms with Gasteiger partial charge in [0, 0.05) is 17.4 Å². The molecule has 0 radical (unpaired) electrons. The summed E-state index contributed by atoms with van der Waals surface area (Å²) in [4.78, 5) is 12.9. The van der Waals surface area contributed by atoms with E-state index in [1.165, 1.54) is 17.8 Å². The van der Waals surface area contributed by atoms with Crippen molar-refractivity contribution in [3.63, 3.8) is 0 Å². The Balaban J connectivity index is 2.25. The van der Waals surface area contributed by atoms with Gasteiger partial charge in [-0.15, -0.1) is 11.8 Å².